The van der Waals surface area contributed by atoms with Crippen molar-refractivity contribution in [2.45, 2.75) is 0 Å². The van der Waals surface area contributed by atoms with E-state index in [0.29, 0.717) is 27.7 Å². The van der Waals surface area contributed by atoms with Crippen LogP contribution in [-0.2, 0) is 0 Å². The highest BCUT2D eigenvalue weighted by molar-refractivity contribution is 6.33. The third kappa shape index (κ3) is 2.11. The van der Waals surface area contributed by atoms with E-state index in [1.54, 1.807) is 29.1 Å². The first kappa shape index (κ1) is 12.9. The van der Waals surface area contributed by atoms with Crippen molar-refractivity contribution in [3.05, 3.63) is 53.7 Å². The summed E-state index contributed by atoms with van der Waals surface area (Å²) in [5, 5.41) is 11.9. The highest BCUT2D eigenvalue weighted by Crippen LogP contribution is 2.28. The zero-order valence-electron chi connectivity index (χ0n) is 10.9. The Morgan fingerprint density at radius 1 is 1.18 bits per heavy atom. The minimum atomic E-state index is -0.420. The van der Waals surface area contributed by atoms with Crippen LogP contribution in [0.15, 0.2) is 47.4 Å². The SMILES string of the molecule is Fc1ccc(Cl)c(-c2noc(-c3ccc4nncn4c3)n2)c1. The molecule has 0 spiro atoms. The molecule has 0 atom stereocenters. The Labute approximate surface area is 128 Å². The number of nitrogens with zero attached hydrogens (tertiary/aromatic N) is 5. The Morgan fingerprint density at radius 3 is 3.00 bits per heavy atom. The Bertz CT molecular complexity index is 980. The summed E-state index contributed by atoms with van der Waals surface area (Å²) in [5.74, 6) is 0.103. The number of aromatic nitrogens is 5. The predicted molar refractivity (Wildman–Crippen MR) is 76.7 cm³/mol. The summed E-state index contributed by atoms with van der Waals surface area (Å²) in [6.45, 7) is 0. The van der Waals surface area contributed by atoms with E-state index < -0.39 is 5.82 Å². The second-order valence-corrected chi connectivity index (χ2v) is 4.97. The normalized spacial score (nSPS) is 11.2. The quantitative estimate of drug-likeness (QED) is 0.568. The maximum absolute atomic E-state index is 13.3. The number of hydrogen-bond acceptors (Lipinski definition) is 5. The van der Waals surface area contributed by atoms with Crippen molar-refractivity contribution >= 4 is 17.2 Å². The average Bonchev–Trinajstić information content (AvgIpc) is 3.17. The smallest absolute Gasteiger partial charge is 0.259 e. The Morgan fingerprint density at radius 2 is 2.09 bits per heavy atom. The average molecular weight is 316 g/mol. The van der Waals surface area contributed by atoms with E-state index >= 15 is 0 Å². The van der Waals surface area contributed by atoms with Gasteiger partial charge < -0.3 is 4.52 Å². The fourth-order valence-electron chi connectivity index (χ4n) is 2.07. The topological polar surface area (TPSA) is 69.1 Å². The van der Waals surface area contributed by atoms with Gasteiger partial charge in [-0.3, -0.25) is 4.40 Å². The van der Waals surface area contributed by atoms with Crippen molar-refractivity contribution in [3.63, 3.8) is 0 Å². The summed E-state index contributed by atoms with van der Waals surface area (Å²) in [6.07, 6.45) is 3.33. The lowest BCUT2D eigenvalue weighted by atomic mass is 10.2. The van der Waals surface area contributed by atoms with Crippen molar-refractivity contribution in [1.29, 1.82) is 0 Å². The molecule has 0 amide bonds. The number of hydrogen-bond donors (Lipinski definition) is 0. The van der Waals surface area contributed by atoms with Gasteiger partial charge in [0.1, 0.15) is 12.1 Å². The molecule has 0 fully saturated rings. The molecule has 3 aromatic heterocycles. The summed E-state index contributed by atoms with van der Waals surface area (Å²) in [7, 11) is 0. The molecule has 1 aromatic carbocycles. The van der Waals surface area contributed by atoms with E-state index in [4.69, 9.17) is 16.1 Å². The lowest BCUT2D eigenvalue weighted by Crippen LogP contribution is -1.87. The number of halogens is 2. The molecule has 3 heterocycles. The maximum Gasteiger partial charge on any atom is 0.259 e. The molecular formula is C14H7ClFN5O. The molecule has 0 aliphatic heterocycles. The molecule has 0 N–H and O–H groups in total. The molecule has 0 saturated heterocycles. The summed E-state index contributed by atoms with van der Waals surface area (Å²) < 4.78 is 20.3. The van der Waals surface area contributed by atoms with Crippen molar-refractivity contribution in [2.75, 3.05) is 0 Å². The summed E-state index contributed by atoms with van der Waals surface area (Å²) >= 11 is 6.04. The number of rotatable bonds is 2. The molecule has 0 bridgehead atoms. The van der Waals surface area contributed by atoms with E-state index in [9.17, 15) is 4.39 Å². The molecule has 4 aromatic rings. The van der Waals surface area contributed by atoms with Gasteiger partial charge in [0.05, 0.1) is 10.6 Å². The standard InChI is InChI=1S/C14H7ClFN5O/c15-11-3-2-9(16)5-10(11)13-18-14(22-20-13)8-1-4-12-19-17-7-21(12)6-8/h1-7H. The van der Waals surface area contributed by atoms with Crippen molar-refractivity contribution in [1.82, 2.24) is 24.7 Å². The zero-order valence-corrected chi connectivity index (χ0v) is 11.7. The fraction of sp³-hybridized carbons (Fsp3) is 0. The Hall–Kier alpha value is -2.80. The first-order valence-electron chi connectivity index (χ1n) is 6.29. The van der Waals surface area contributed by atoms with Gasteiger partial charge in [0.2, 0.25) is 5.82 Å². The molecule has 0 aliphatic rings. The van der Waals surface area contributed by atoms with E-state index in [1.807, 2.05) is 0 Å². The van der Waals surface area contributed by atoms with Crippen LogP contribution in [0.3, 0.4) is 0 Å². The molecule has 0 unspecified atom stereocenters. The summed E-state index contributed by atoms with van der Waals surface area (Å²) in [6, 6.07) is 7.55. The zero-order chi connectivity index (χ0) is 15.1. The van der Waals surface area contributed by atoms with Crippen LogP contribution >= 0.6 is 11.6 Å². The highest BCUT2D eigenvalue weighted by atomic mass is 35.5. The van der Waals surface area contributed by atoms with Gasteiger partial charge >= 0.3 is 0 Å². The van der Waals surface area contributed by atoms with Crippen LogP contribution in [-0.4, -0.2) is 24.7 Å². The molecule has 8 heteroatoms. The van der Waals surface area contributed by atoms with Gasteiger partial charge in [0.25, 0.3) is 5.89 Å². The van der Waals surface area contributed by atoms with Crippen LogP contribution in [0, 0.1) is 5.82 Å². The van der Waals surface area contributed by atoms with Crippen LogP contribution in [0.2, 0.25) is 5.02 Å². The van der Waals surface area contributed by atoms with E-state index in [2.05, 4.69) is 20.3 Å². The highest BCUT2D eigenvalue weighted by Gasteiger charge is 2.14. The lowest BCUT2D eigenvalue weighted by Gasteiger charge is -1.98. The molecule has 22 heavy (non-hydrogen) atoms. The van der Waals surface area contributed by atoms with Crippen LogP contribution < -0.4 is 0 Å². The monoisotopic (exact) mass is 315 g/mol. The predicted octanol–water partition coefficient (Wildman–Crippen LogP) is 3.24. The summed E-state index contributed by atoms with van der Waals surface area (Å²) in [4.78, 5) is 4.26. The second kappa shape index (κ2) is 4.88. The third-order valence-corrected chi connectivity index (χ3v) is 3.46. The van der Waals surface area contributed by atoms with Gasteiger partial charge in [-0.25, -0.2) is 4.39 Å². The molecule has 108 valence electrons. The van der Waals surface area contributed by atoms with E-state index in [-0.39, 0.29) is 5.82 Å². The van der Waals surface area contributed by atoms with Crippen LogP contribution in [0.1, 0.15) is 0 Å². The molecule has 6 nitrogen and oxygen atoms in total. The number of pyridine rings is 1. The van der Waals surface area contributed by atoms with Gasteiger partial charge in [-0.1, -0.05) is 16.8 Å². The van der Waals surface area contributed by atoms with Crippen LogP contribution in [0.25, 0.3) is 28.5 Å². The van der Waals surface area contributed by atoms with E-state index in [1.165, 1.54) is 18.2 Å². The molecule has 0 radical (unpaired) electrons. The third-order valence-electron chi connectivity index (χ3n) is 3.13. The molecule has 4 rings (SSSR count). The van der Waals surface area contributed by atoms with Gasteiger partial charge in [-0.2, -0.15) is 4.98 Å². The maximum atomic E-state index is 13.3. The van der Waals surface area contributed by atoms with Crippen molar-refractivity contribution < 1.29 is 8.91 Å². The Kier molecular flexibility index (Phi) is 2.87. The van der Waals surface area contributed by atoms with Gasteiger partial charge in [-0.05, 0) is 30.3 Å². The first-order chi connectivity index (χ1) is 10.7. The minimum Gasteiger partial charge on any atom is -0.334 e. The number of benzene rings is 1. The number of fused-ring (bicyclic) bond motifs is 1. The van der Waals surface area contributed by atoms with Crippen LogP contribution in [0.5, 0.6) is 0 Å². The summed E-state index contributed by atoms with van der Waals surface area (Å²) in [5.41, 5.74) is 1.78. The second-order valence-electron chi connectivity index (χ2n) is 4.56. The largest absolute Gasteiger partial charge is 0.334 e. The van der Waals surface area contributed by atoms with Gasteiger partial charge in [0.15, 0.2) is 5.65 Å². The fourth-order valence-corrected chi connectivity index (χ4v) is 2.28. The minimum absolute atomic E-state index is 0.225. The molecular weight excluding hydrogens is 309 g/mol. The first-order valence-corrected chi connectivity index (χ1v) is 6.67. The lowest BCUT2D eigenvalue weighted by molar-refractivity contribution is 0.432. The van der Waals surface area contributed by atoms with Crippen molar-refractivity contribution in [3.8, 4) is 22.8 Å². The van der Waals surface area contributed by atoms with Gasteiger partial charge in [-0.15, -0.1) is 10.2 Å². The van der Waals surface area contributed by atoms with Crippen LogP contribution in [0.4, 0.5) is 4.39 Å². The van der Waals surface area contributed by atoms with Crippen molar-refractivity contribution in [2.24, 2.45) is 0 Å². The van der Waals surface area contributed by atoms with Gasteiger partial charge in [0, 0.05) is 11.8 Å². The van der Waals surface area contributed by atoms with E-state index in [0.717, 1.165) is 0 Å². The molecule has 0 saturated carbocycles. The Balaban J connectivity index is 1.78. The molecule has 0 aliphatic carbocycles.